The Morgan fingerprint density at radius 3 is 1.62 bits per heavy atom. The molecule has 4 aromatic carbocycles. The quantitative estimate of drug-likeness (QED) is 0.0283. The number of hydrogen-bond donors (Lipinski definition) is 5. The molecule has 0 unspecified atom stereocenters. The minimum absolute atomic E-state index is 0.0123. The molecular weight excluding hydrogens is 1260 g/mol. The number of methoxy groups -OCH3 is 2. The van der Waals surface area contributed by atoms with Crippen molar-refractivity contribution in [1.29, 1.82) is 0 Å². The highest BCUT2D eigenvalue weighted by molar-refractivity contribution is 6.07. The average molecular weight is 1360 g/mol. The Labute approximate surface area is 571 Å². The Balaban J connectivity index is 0.861. The lowest BCUT2D eigenvalue weighted by Crippen LogP contribution is -2.50. The minimum atomic E-state index is -1.53. The summed E-state index contributed by atoms with van der Waals surface area (Å²) in [5, 5.41) is 29.3. The number of nitrogens with one attached hydrogen (secondary N) is 2. The molecule has 8 rings (SSSR count). The molecular formula is C73H93N7O18. The topological polar surface area (TPSA) is 322 Å². The molecule has 4 aromatic rings. The second-order valence-corrected chi connectivity index (χ2v) is 26.2. The smallest absolute Gasteiger partial charge is 0.416 e. The molecule has 25 nitrogen and oxygen atoms in total. The van der Waals surface area contributed by atoms with Crippen molar-refractivity contribution in [1.82, 2.24) is 20.4 Å². The van der Waals surface area contributed by atoms with Crippen LogP contribution in [-0.4, -0.2) is 164 Å². The van der Waals surface area contributed by atoms with Gasteiger partial charge < -0.3 is 69.5 Å². The molecule has 25 heteroatoms. The molecule has 4 aliphatic rings. The predicted octanol–water partition coefficient (Wildman–Crippen LogP) is 7.93. The van der Waals surface area contributed by atoms with E-state index in [9.17, 15) is 53.4 Å². The van der Waals surface area contributed by atoms with Gasteiger partial charge in [0, 0.05) is 63.2 Å². The minimum Gasteiger partial charge on any atom is -0.493 e. The first-order chi connectivity index (χ1) is 46.8. The number of ether oxygens (including phenoxy) is 7. The summed E-state index contributed by atoms with van der Waals surface area (Å²) in [5.74, 6) is -2.30. The number of nitrogens with zero attached hydrogens (tertiary/aromatic N) is 4. The third-order valence-corrected chi connectivity index (χ3v) is 17.9. The van der Waals surface area contributed by atoms with Crippen molar-refractivity contribution in [3.8, 4) is 17.2 Å². The van der Waals surface area contributed by atoms with Gasteiger partial charge in [-0.3, -0.25) is 33.6 Å². The number of benzene rings is 4. The molecule has 0 aliphatic carbocycles. The molecule has 0 saturated carbocycles. The Bertz CT molecular complexity index is 3630. The lowest BCUT2D eigenvalue weighted by molar-refractivity contribution is -0.132. The van der Waals surface area contributed by atoms with Crippen LogP contribution >= 0.6 is 0 Å². The Morgan fingerprint density at radius 1 is 0.592 bits per heavy atom. The zero-order valence-electron chi connectivity index (χ0n) is 57.6. The molecule has 0 radical (unpaired) electrons. The van der Waals surface area contributed by atoms with Crippen LogP contribution in [0, 0.1) is 24.7 Å². The molecule has 0 saturated heterocycles. The lowest BCUT2D eigenvalue weighted by atomic mass is 9.89. The van der Waals surface area contributed by atoms with Crippen LogP contribution in [0.5, 0.6) is 17.2 Å². The molecule has 4 heterocycles. The first-order valence-corrected chi connectivity index (χ1v) is 33.3. The van der Waals surface area contributed by atoms with Crippen molar-refractivity contribution in [2.45, 2.75) is 163 Å². The SMILES string of the molecule is COCCOCCC(=O)C[C@@H](C(=O)NCC(=O)Cc1ccc(COC(=O)N2c3cc(OCCCCCOc4cc5c(cc4OC)C(=O)N4C=C(C)C[C@H]4[C@H](O)N5C(=O)OCc4ccc(CC(=O)[C@@H](C)NC(=O)[C@H](N)C(C)C)cc4)c(C)cc3C(=O)N3C=C(C)C[C@H]3[C@@H]2O)cc1)C(C)C. The molecule has 98 heavy (non-hydrogen) atoms. The van der Waals surface area contributed by atoms with Crippen molar-refractivity contribution in [2.24, 2.45) is 23.5 Å². The summed E-state index contributed by atoms with van der Waals surface area (Å²) in [6.45, 7) is 15.1. The zero-order chi connectivity index (χ0) is 71.1. The second-order valence-electron chi connectivity index (χ2n) is 26.2. The molecule has 4 aliphatic heterocycles. The summed E-state index contributed by atoms with van der Waals surface area (Å²) >= 11 is 0. The highest BCUT2D eigenvalue weighted by atomic mass is 16.6. The maximum Gasteiger partial charge on any atom is 0.416 e. The Morgan fingerprint density at radius 2 is 1.10 bits per heavy atom. The van der Waals surface area contributed by atoms with Crippen molar-refractivity contribution in [2.75, 3.05) is 63.6 Å². The Kier molecular flexibility index (Phi) is 26.3. The second kappa shape index (κ2) is 34.5. The number of aliphatic hydroxyl groups excluding tert-OH is 2. The van der Waals surface area contributed by atoms with Crippen molar-refractivity contribution >= 4 is 64.5 Å². The van der Waals surface area contributed by atoms with Crippen molar-refractivity contribution < 1.29 is 86.5 Å². The van der Waals surface area contributed by atoms with Crippen LogP contribution < -0.4 is 40.4 Å². The number of aliphatic hydroxyl groups is 2. The predicted molar refractivity (Wildman–Crippen MR) is 362 cm³/mol. The van der Waals surface area contributed by atoms with Crippen LogP contribution in [0.1, 0.15) is 142 Å². The highest BCUT2D eigenvalue weighted by Gasteiger charge is 2.47. The van der Waals surface area contributed by atoms with E-state index in [0.29, 0.717) is 78.9 Å². The summed E-state index contributed by atoms with van der Waals surface area (Å²) in [7, 11) is 2.98. The maximum atomic E-state index is 14.3. The number of aryl methyl sites for hydroxylation is 1. The van der Waals surface area contributed by atoms with Gasteiger partial charge in [0.1, 0.15) is 24.7 Å². The number of fused-ring (bicyclic) bond motifs is 4. The summed E-state index contributed by atoms with van der Waals surface area (Å²) in [6.07, 6.45) is 0.934. The third kappa shape index (κ3) is 18.8. The van der Waals surface area contributed by atoms with Gasteiger partial charge in [-0.25, -0.2) is 19.4 Å². The van der Waals surface area contributed by atoms with E-state index in [0.717, 1.165) is 20.9 Å². The summed E-state index contributed by atoms with van der Waals surface area (Å²) in [4.78, 5) is 126. The van der Waals surface area contributed by atoms with Gasteiger partial charge in [-0.15, -0.1) is 0 Å². The summed E-state index contributed by atoms with van der Waals surface area (Å²) < 4.78 is 40.3. The number of nitrogens with two attached hydrogens (primary N) is 1. The van der Waals surface area contributed by atoms with Gasteiger partial charge in [0.05, 0.1) is 93.4 Å². The van der Waals surface area contributed by atoms with Gasteiger partial charge in [-0.05, 0) is 112 Å². The normalized spacial score (nSPS) is 18.1. The number of amides is 6. The molecule has 6 amide bonds. The molecule has 528 valence electrons. The van der Waals surface area contributed by atoms with E-state index in [1.807, 2.05) is 41.5 Å². The van der Waals surface area contributed by atoms with E-state index in [1.54, 1.807) is 94.0 Å². The molecule has 0 bridgehead atoms. The van der Waals surface area contributed by atoms with E-state index in [1.165, 1.54) is 29.0 Å². The number of carbonyl (C=O) groups excluding carboxylic acids is 9. The van der Waals surface area contributed by atoms with Gasteiger partial charge in [0.15, 0.2) is 35.5 Å². The van der Waals surface area contributed by atoms with Gasteiger partial charge >= 0.3 is 12.2 Å². The number of hydrogen-bond acceptors (Lipinski definition) is 19. The number of ketones is 3. The molecule has 0 aromatic heterocycles. The van der Waals surface area contributed by atoms with Crippen LogP contribution in [0.3, 0.4) is 0 Å². The van der Waals surface area contributed by atoms with Crippen LogP contribution in [0.2, 0.25) is 0 Å². The first kappa shape index (κ1) is 74.8. The fourth-order valence-corrected chi connectivity index (χ4v) is 12.0. The number of rotatable bonds is 33. The summed E-state index contributed by atoms with van der Waals surface area (Å²) in [6, 6.07) is 16.7. The molecule has 0 fully saturated rings. The largest absolute Gasteiger partial charge is 0.493 e. The lowest BCUT2D eigenvalue weighted by Gasteiger charge is -2.31. The van der Waals surface area contributed by atoms with E-state index >= 15 is 0 Å². The van der Waals surface area contributed by atoms with Gasteiger partial charge in [0.2, 0.25) is 11.8 Å². The van der Waals surface area contributed by atoms with Gasteiger partial charge in [0.25, 0.3) is 11.8 Å². The fourth-order valence-electron chi connectivity index (χ4n) is 12.0. The van der Waals surface area contributed by atoms with Crippen LogP contribution in [-0.2, 0) is 69.0 Å². The molecule has 0 spiro atoms. The van der Waals surface area contributed by atoms with E-state index in [-0.39, 0.29) is 134 Å². The van der Waals surface area contributed by atoms with Crippen molar-refractivity contribution in [3.63, 3.8) is 0 Å². The van der Waals surface area contributed by atoms with Crippen LogP contribution in [0.25, 0.3) is 0 Å². The van der Waals surface area contributed by atoms with Crippen molar-refractivity contribution in [3.05, 3.63) is 135 Å². The average Bonchev–Trinajstić information content (AvgIpc) is 1.60. The summed E-state index contributed by atoms with van der Waals surface area (Å²) in [5.41, 5.74) is 11.1. The molecule has 6 N–H and O–H groups in total. The zero-order valence-corrected chi connectivity index (χ0v) is 57.6. The highest BCUT2D eigenvalue weighted by Crippen LogP contribution is 2.43. The fraction of sp³-hybridized carbons (Fsp3) is 0.493. The van der Waals surface area contributed by atoms with Gasteiger partial charge in [-0.2, -0.15) is 0 Å². The van der Waals surface area contributed by atoms with E-state index in [2.05, 4.69) is 10.6 Å². The Hall–Kier alpha value is -9.01. The third-order valence-electron chi connectivity index (χ3n) is 17.9. The van der Waals surface area contributed by atoms with Crippen LogP contribution in [0.15, 0.2) is 96.3 Å². The number of carbonyl (C=O) groups is 9. The maximum absolute atomic E-state index is 14.3. The van der Waals surface area contributed by atoms with E-state index < -0.39 is 72.4 Å². The van der Waals surface area contributed by atoms with Gasteiger partial charge in [-0.1, -0.05) is 87.4 Å². The first-order valence-electron chi connectivity index (χ1n) is 33.3. The number of anilines is 2. The standard InChI is InChI=1S/C73H93N7O18/c1-42(2)54(33-52(81)22-25-94-27-26-92-9)66(84)75-37-53(82)31-48-14-18-50(19-15-48)40-97-72(90)79-57-35-62(46(7)30-55(57)68(86)77-38-44(5)28-59(77)70(79)88)95-23-12-11-13-24-96-64-36-58-56(34-63(64)93-10)69(87)78-39-45(6)29-60(78)71(89)80(58)73(91)98-41-51-20-16-49(17-21-51)32-61(83)47(8)76-67(85)65(74)43(3)4/h14-21,30,34-36,38-39,42-43,47,54,59-60,65,70-71,88-89H,11-13,22-29,31-33,37,40-41,74H2,1-10H3,(H,75,84)(H,76,85)/t47-,54-,59+,60+,65-,70+,71+/m1/s1. The van der Waals surface area contributed by atoms with Crippen LogP contribution in [0.4, 0.5) is 21.0 Å². The number of unbranched alkanes of at least 4 members (excludes halogenated alkanes) is 2. The number of Topliss-reactive ketones (excluding diaryl/α,β-unsaturated/α-hetero) is 3. The van der Waals surface area contributed by atoms with E-state index in [4.69, 9.17) is 38.9 Å². The molecule has 7 atom stereocenters. The monoisotopic (exact) mass is 1360 g/mol.